The summed E-state index contributed by atoms with van der Waals surface area (Å²) in [6.45, 7) is 5.71. The Morgan fingerprint density at radius 3 is 2.50 bits per heavy atom. The van der Waals surface area contributed by atoms with E-state index in [1.54, 1.807) is 18.2 Å². The van der Waals surface area contributed by atoms with Crippen molar-refractivity contribution in [3.05, 3.63) is 59.7 Å². The standard InChI is InChI=1S/C20H25NO3/c1-3-5-13-24-18-12-11-17(14-19(18)23-4-2)20(22)21-15-16-9-7-6-8-10-16/h6-12,14H,3-5,13,15H2,1-2H3,(H,21,22). The first-order valence-electron chi connectivity index (χ1n) is 8.46. The van der Waals surface area contributed by atoms with Crippen LogP contribution in [0.25, 0.3) is 0 Å². The van der Waals surface area contributed by atoms with Gasteiger partial charge in [-0.25, -0.2) is 0 Å². The highest BCUT2D eigenvalue weighted by atomic mass is 16.5. The van der Waals surface area contributed by atoms with Gasteiger partial charge in [-0.05, 0) is 37.1 Å². The Kier molecular flexibility index (Phi) is 7.15. The molecule has 0 heterocycles. The van der Waals surface area contributed by atoms with Crippen molar-refractivity contribution < 1.29 is 14.3 Å². The molecule has 0 aliphatic heterocycles. The largest absolute Gasteiger partial charge is 0.490 e. The van der Waals surface area contributed by atoms with Gasteiger partial charge in [0.1, 0.15) is 0 Å². The molecule has 0 atom stereocenters. The predicted octanol–water partition coefficient (Wildman–Crippen LogP) is 4.19. The number of rotatable bonds is 9. The molecule has 2 rings (SSSR count). The normalized spacial score (nSPS) is 10.2. The van der Waals surface area contributed by atoms with E-state index in [-0.39, 0.29) is 5.91 Å². The van der Waals surface area contributed by atoms with Gasteiger partial charge in [0.15, 0.2) is 11.5 Å². The Morgan fingerprint density at radius 2 is 1.79 bits per heavy atom. The summed E-state index contributed by atoms with van der Waals surface area (Å²) in [6.07, 6.45) is 2.06. The number of unbranched alkanes of at least 4 members (excludes halogenated alkanes) is 1. The van der Waals surface area contributed by atoms with Crippen LogP contribution in [0.15, 0.2) is 48.5 Å². The molecule has 2 aromatic rings. The minimum Gasteiger partial charge on any atom is -0.490 e. The molecule has 0 bridgehead atoms. The molecule has 0 saturated carbocycles. The van der Waals surface area contributed by atoms with E-state index in [1.165, 1.54) is 0 Å². The Balaban J connectivity index is 2.03. The molecule has 0 saturated heterocycles. The number of carbonyl (C=O) groups excluding carboxylic acids is 1. The van der Waals surface area contributed by atoms with E-state index in [2.05, 4.69) is 12.2 Å². The average Bonchev–Trinajstić information content (AvgIpc) is 2.62. The predicted molar refractivity (Wildman–Crippen MR) is 95.6 cm³/mol. The maximum Gasteiger partial charge on any atom is 0.251 e. The number of nitrogens with one attached hydrogen (secondary N) is 1. The second kappa shape index (κ2) is 9.60. The zero-order valence-corrected chi connectivity index (χ0v) is 14.4. The van der Waals surface area contributed by atoms with Crippen molar-refractivity contribution >= 4 is 5.91 Å². The van der Waals surface area contributed by atoms with E-state index in [1.807, 2.05) is 37.3 Å². The van der Waals surface area contributed by atoms with Crippen LogP contribution >= 0.6 is 0 Å². The summed E-state index contributed by atoms with van der Waals surface area (Å²) in [5.74, 6) is 1.17. The van der Waals surface area contributed by atoms with E-state index >= 15 is 0 Å². The van der Waals surface area contributed by atoms with Crippen molar-refractivity contribution in [2.75, 3.05) is 13.2 Å². The van der Waals surface area contributed by atoms with Gasteiger partial charge in [-0.2, -0.15) is 0 Å². The molecule has 0 fully saturated rings. The number of benzene rings is 2. The lowest BCUT2D eigenvalue weighted by Gasteiger charge is -2.13. The Labute approximate surface area is 143 Å². The Bertz CT molecular complexity index is 641. The summed E-state index contributed by atoms with van der Waals surface area (Å²) in [7, 11) is 0. The van der Waals surface area contributed by atoms with E-state index in [4.69, 9.17) is 9.47 Å². The summed E-state index contributed by atoms with van der Waals surface area (Å²) in [4.78, 5) is 12.3. The quantitative estimate of drug-likeness (QED) is 0.702. The second-order valence-corrected chi connectivity index (χ2v) is 5.46. The van der Waals surface area contributed by atoms with Crippen LogP contribution in [0.2, 0.25) is 0 Å². The highest BCUT2D eigenvalue weighted by Crippen LogP contribution is 2.28. The van der Waals surface area contributed by atoms with Gasteiger partial charge in [-0.15, -0.1) is 0 Å². The maximum absolute atomic E-state index is 12.3. The van der Waals surface area contributed by atoms with Crippen LogP contribution in [0.4, 0.5) is 0 Å². The molecule has 4 nitrogen and oxygen atoms in total. The molecule has 0 unspecified atom stereocenters. The molecule has 0 aliphatic rings. The topological polar surface area (TPSA) is 47.6 Å². The van der Waals surface area contributed by atoms with Gasteiger partial charge in [-0.1, -0.05) is 43.7 Å². The summed E-state index contributed by atoms with van der Waals surface area (Å²) in [5.41, 5.74) is 1.63. The summed E-state index contributed by atoms with van der Waals surface area (Å²) in [5, 5.41) is 2.92. The molecular weight excluding hydrogens is 302 g/mol. The van der Waals surface area contributed by atoms with Crippen molar-refractivity contribution in [3.8, 4) is 11.5 Å². The van der Waals surface area contributed by atoms with Crippen molar-refractivity contribution in [1.82, 2.24) is 5.32 Å². The average molecular weight is 327 g/mol. The molecule has 24 heavy (non-hydrogen) atoms. The van der Waals surface area contributed by atoms with Crippen molar-refractivity contribution in [3.63, 3.8) is 0 Å². The maximum atomic E-state index is 12.3. The van der Waals surface area contributed by atoms with Crippen LogP contribution in [0, 0.1) is 0 Å². The van der Waals surface area contributed by atoms with E-state index in [0.29, 0.717) is 36.8 Å². The van der Waals surface area contributed by atoms with Crippen molar-refractivity contribution in [2.24, 2.45) is 0 Å². The molecule has 2 aromatic carbocycles. The van der Waals surface area contributed by atoms with Gasteiger partial charge in [0, 0.05) is 12.1 Å². The van der Waals surface area contributed by atoms with Crippen LogP contribution in [0.1, 0.15) is 42.6 Å². The minimum atomic E-state index is -0.125. The summed E-state index contributed by atoms with van der Waals surface area (Å²) < 4.78 is 11.4. The van der Waals surface area contributed by atoms with E-state index in [0.717, 1.165) is 18.4 Å². The van der Waals surface area contributed by atoms with Gasteiger partial charge in [0.05, 0.1) is 13.2 Å². The smallest absolute Gasteiger partial charge is 0.251 e. The molecule has 0 aromatic heterocycles. The zero-order chi connectivity index (χ0) is 17.2. The lowest BCUT2D eigenvalue weighted by Crippen LogP contribution is -2.22. The Morgan fingerprint density at radius 1 is 1.00 bits per heavy atom. The molecule has 1 amide bonds. The molecule has 0 spiro atoms. The van der Waals surface area contributed by atoms with Crippen LogP contribution in [0.3, 0.4) is 0 Å². The first-order valence-corrected chi connectivity index (χ1v) is 8.46. The number of ether oxygens (including phenoxy) is 2. The number of hydrogen-bond acceptors (Lipinski definition) is 3. The number of carbonyl (C=O) groups is 1. The lowest BCUT2D eigenvalue weighted by molar-refractivity contribution is 0.0950. The Hall–Kier alpha value is -2.49. The van der Waals surface area contributed by atoms with Crippen LogP contribution in [-0.4, -0.2) is 19.1 Å². The molecular formula is C20H25NO3. The molecule has 4 heteroatoms. The molecule has 0 aliphatic carbocycles. The molecule has 0 radical (unpaired) electrons. The number of hydrogen-bond donors (Lipinski definition) is 1. The third kappa shape index (κ3) is 5.30. The summed E-state index contributed by atoms with van der Waals surface area (Å²) >= 11 is 0. The van der Waals surface area contributed by atoms with Crippen LogP contribution < -0.4 is 14.8 Å². The van der Waals surface area contributed by atoms with E-state index in [9.17, 15) is 4.79 Å². The van der Waals surface area contributed by atoms with Crippen molar-refractivity contribution in [1.29, 1.82) is 0 Å². The van der Waals surface area contributed by atoms with Crippen LogP contribution in [0.5, 0.6) is 11.5 Å². The minimum absolute atomic E-state index is 0.125. The number of amides is 1. The van der Waals surface area contributed by atoms with Gasteiger partial charge in [0.2, 0.25) is 0 Å². The van der Waals surface area contributed by atoms with Crippen molar-refractivity contribution in [2.45, 2.75) is 33.2 Å². The SMILES string of the molecule is CCCCOc1ccc(C(=O)NCc2ccccc2)cc1OCC. The third-order valence-electron chi connectivity index (χ3n) is 3.56. The second-order valence-electron chi connectivity index (χ2n) is 5.46. The van der Waals surface area contributed by atoms with Crippen LogP contribution in [-0.2, 0) is 6.54 Å². The zero-order valence-electron chi connectivity index (χ0n) is 14.4. The fourth-order valence-electron chi connectivity index (χ4n) is 2.24. The fraction of sp³-hybridized carbons (Fsp3) is 0.350. The third-order valence-corrected chi connectivity index (χ3v) is 3.56. The first-order chi connectivity index (χ1) is 11.7. The highest BCUT2D eigenvalue weighted by Gasteiger charge is 2.11. The monoisotopic (exact) mass is 327 g/mol. The highest BCUT2D eigenvalue weighted by molar-refractivity contribution is 5.94. The van der Waals surface area contributed by atoms with Gasteiger partial charge >= 0.3 is 0 Å². The first kappa shape index (κ1) is 17.9. The van der Waals surface area contributed by atoms with Gasteiger partial charge < -0.3 is 14.8 Å². The fourth-order valence-corrected chi connectivity index (χ4v) is 2.24. The lowest BCUT2D eigenvalue weighted by atomic mass is 10.1. The molecule has 1 N–H and O–H groups in total. The van der Waals surface area contributed by atoms with Gasteiger partial charge in [0.25, 0.3) is 5.91 Å². The van der Waals surface area contributed by atoms with Gasteiger partial charge in [-0.3, -0.25) is 4.79 Å². The molecule has 128 valence electrons. The van der Waals surface area contributed by atoms with E-state index < -0.39 is 0 Å². The summed E-state index contributed by atoms with van der Waals surface area (Å²) in [6, 6.07) is 15.1.